The molecule has 23 heavy (non-hydrogen) atoms. The number of carbonyl (C=O) groups is 3. The van der Waals surface area contributed by atoms with E-state index in [0.717, 1.165) is 24.8 Å². The summed E-state index contributed by atoms with van der Waals surface area (Å²) in [6.45, 7) is 0.414. The lowest BCUT2D eigenvalue weighted by molar-refractivity contribution is -0.138. The Morgan fingerprint density at radius 2 is 1.78 bits per heavy atom. The first kappa shape index (κ1) is 16.9. The molecule has 5 nitrogen and oxygen atoms in total. The summed E-state index contributed by atoms with van der Waals surface area (Å²) >= 11 is 0. The van der Waals surface area contributed by atoms with E-state index in [1.54, 1.807) is 6.08 Å². The molecule has 0 atom stereocenters. The first-order valence-corrected chi connectivity index (χ1v) is 7.90. The molecule has 1 aliphatic rings. The zero-order chi connectivity index (χ0) is 16.7. The largest absolute Gasteiger partial charge is 0.481 e. The van der Waals surface area contributed by atoms with Crippen LogP contribution in [0.1, 0.15) is 44.1 Å². The highest BCUT2D eigenvalue weighted by Crippen LogP contribution is 2.22. The van der Waals surface area contributed by atoms with Crippen LogP contribution in [-0.2, 0) is 14.4 Å². The normalized spacial score (nSPS) is 16.3. The molecule has 1 fully saturated rings. The maximum Gasteiger partial charge on any atom is 0.303 e. The van der Waals surface area contributed by atoms with Crippen molar-refractivity contribution in [1.82, 2.24) is 4.90 Å². The van der Waals surface area contributed by atoms with Crippen LogP contribution in [0, 0.1) is 0 Å². The summed E-state index contributed by atoms with van der Waals surface area (Å²) in [5.74, 6) is -1.14. The van der Waals surface area contributed by atoms with Crippen molar-refractivity contribution < 1.29 is 19.5 Å². The highest BCUT2D eigenvalue weighted by molar-refractivity contribution is 6.15. The van der Waals surface area contributed by atoms with E-state index >= 15 is 0 Å². The first-order valence-electron chi connectivity index (χ1n) is 7.90. The summed E-state index contributed by atoms with van der Waals surface area (Å²) in [5.41, 5.74) is 1.45. The summed E-state index contributed by atoms with van der Waals surface area (Å²) in [5, 5.41) is 8.56. The topological polar surface area (TPSA) is 74.7 Å². The quantitative estimate of drug-likeness (QED) is 0.455. The standard InChI is InChI=1S/C18H21NO4/c20-16-13-15(12-14-8-4-3-5-9-14)18(23)19(16)11-7-2-1-6-10-17(21)22/h3-5,8-9,12H,1-2,6-7,10-11,13H2,(H,21,22)/b15-12+. The summed E-state index contributed by atoms with van der Waals surface area (Å²) in [6.07, 6.45) is 5.08. The Hall–Kier alpha value is -2.43. The van der Waals surface area contributed by atoms with Crippen LogP contribution in [0.5, 0.6) is 0 Å². The van der Waals surface area contributed by atoms with E-state index in [9.17, 15) is 14.4 Å². The summed E-state index contributed by atoms with van der Waals surface area (Å²) < 4.78 is 0. The average molecular weight is 315 g/mol. The van der Waals surface area contributed by atoms with Crippen LogP contribution < -0.4 is 0 Å². The van der Waals surface area contributed by atoms with Crippen molar-refractivity contribution >= 4 is 23.9 Å². The van der Waals surface area contributed by atoms with Gasteiger partial charge in [0.05, 0.1) is 6.42 Å². The fourth-order valence-corrected chi connectivity index (χ4v) is 2.61. The minimum absolute atomic E-state index is 0.150. The fraction of sp³-hybridized carbons (Fsp3) is 0.389. The number of hydrogen-bond donors (Lipinski definition) is 1. The molecular weight excluding hydrogens is 294 g/mol. The van der Waals surface area contributed by atoms with Crippen molar-refractivity contribution in [2.24, 2.45) is 0 Å². The van der Waals surface area contributed by atoms with E-state index in [1.807, 2.05) is 30.3 Å². The van der Waals surface area contributed by atoms with Crippen LogP contribution in [0.2, 0.25) is 0 Å². The van der Waals surface area contributed by atoms with E-state index in [4.69, 9.17) is 5.11 Å². The Balaban J connectivity index is 1.82. The molecule has 1 N–H and O–H groups in total. The molecule has 5 heteroatoms. The second-order valence-corrected chi connectivity index (χ2v) is 5.67. The number of carbonyl (C=O) groups excluding carboxylic acids is 2. The van der Waals surface area contributed by atoms with Gasteiger partial charge in [-0.3, -0.25) is 19.3 Å². The number of nitrogens with zero attached hydrogens (tertiary/aromatic N) is 1. The molecule has 1 aromatic rings. The summed E-state index contributed by atoms with van der Waals surface area (Å²) in [7, 11) is 0. The zero-order valence-corrected chi connectivity index (χ0v) is 13.0. The summed E-state index contributed by atoms with van der Waals surface area (Å²) in [4.78, 5) is 36.0. The van der Waals surface area contributed by atoms with Crippen molar-refractivity contribution in [2.45, 2.75) is 38.5 Å². The van der Waals surface area contributed by atoms with Crippen LogP contribution in [0.3, 0.4) is 0 Å². The lowest BCUT2D eigenvalue weighted by Crippen LogP contribution is -2.30. The van der Waals surface area contributed by atoms with E-state index in [2.05, 4.69) is 0 Å². The number of unbranched alkanes of at least 4 members (excludes halogenated alkanes) is 3. The van der Waals surface area contributed by atoms with Crippen LogP contribution >= 0.6 is 0 Å². The van der Waals surface area contributed by atoms with Gasteiger partial charge >= 0.3 is 5.97 Å². The minimum atomic E-state index is -0.786. The molecule has 122 valence electrons. The van der Waals surface area contributed by atoms with Gasteiger partial charge in [0.2, 0.25) is 5.91 Å². The molecule has 2 rings (SSSR count). The van der Waals surface area contributed by atoms with Crippen molar-refractivity contribution in [1.29, 1.82) is 0 Å². The van der Waals surface area contributed by atoms with Gasteiger partial charge in [-0.25, -0.2) is 0 Å². The molecule has 0 spiro atoms. The maximum absolute atomic E-state index is 12.3. The number of amides is 2. The number of carboxylic acid groups (broad SMARTS) is 1. The first-order chi connectivity index (χ1) is 11.1. The maximum atomic E-state index is 12.3. The third-order valence-electron chi connectivity index (χ3n) is 3.83. The number of imide groups is 1. The van der Waals surface area contributed by atoms with E-state index < -0.39 is 5.97 Å². The van der Waals surface area contributed by atoms with Gasteiger partial charge in [-0.2, -0.15) is 0 Å². The third-order valence-corrected chi connectivity index (χ3v) is 3.83. The van der Waals surface area contributed by atoms with Gasteiger partial charge in [-0.1, -0.05) is 43.2 Å². The zero-order valence-electron chi connectivity index (χ0n) is 13.0. The molecule has 0 aliphatic carbocycles. The molecule has 0 unspecified atom stereocenters. The average Bonchev–Trinajstić information content (AvgIpc) is 2.78. The molecule has 1 aromatic carbocycles. The van der Waals surface area contributed by atoms with Crippen LogP contribution in [0.15, 0.2) is 35.9 Å². The number of hydrogen-bond acceptors (Lipinski definition) is 3. The molecule has 1 aliphatic heterocycles. The van der Waals surface area contributed by atoms with E-state index in [1.165, 1.54) is 4.90 Å². The van der Waals surface area contributed by atoms with Gasteiger partial charge < -0.3 is 5.11 Å². The summed E-state index contributed by atoms with van der Waals surface area (Å²) in [6, 6.07) is 9.48. The second-order valence-electron chi connectivity index (χ2n) is 5.67. The van der Waals surface area contributed by atoms with E-state index in [-0.39, 0.29) is 24.7 Å². The van der Waals surface area contributed by atoms with Crippen molar-refractivity contribution in [3.05, 3.63) is 41.5 Å². The van der Waals surface area contributed by atoms with Gasteiger partial charge in [0.25, 0.3) is 5.91 Å². The van der Waals surface area contributed by atoms with Gasteiger partial charge in [0.1, 0.15) is 0 Å². The predicted octanol–water partition coefficient (Wildman–Crippen LogP) is 2.86. The van der Waals surface area contributed by atoms with Crippen molar-refractivity contribution in [3.63, 3.8) is 0 Å². The van der Waals surface area contributed by atoms with Gasteiger partial charge in [-0.15, -0.1) is 0 Å². The Kier molecular flexibility index (Phi) is 6.09. The molecule has 0 aromatic heterocycles. The second kappa shape index (κ2) is 8.27. The number of aliphatic carboxylic acids is 1. The minimum Gasteiger partial charge on any atom is -0.481 e. The monoisotopic (exact) mass is 315 g/mol. The molecular formula is C18H21NO4. The molecule has 0 saturated carbocycles. The number of likely N-dealkylation sites (tertiary alicyclic amines) is 1. The highest BCUT2D eigenvalue weighted by Gasteiger charge is 2.32. The molecule has 2 amide bonds. The SMILES string of the molecule is O=C(O)CCCCCCN1C(=O)C/C(=C\c2ccccc2)C1=O. The highest BCUT2D eigenvalue weighted by atomic mass is 16.4. The van der Waals surface area contributed by atoms with Crippen LogP contribution in [0.25, 0.3) is 6.08 Å². The Labute approximate surface area is 135 Å². The van der Waals surface area contributed by atoms with E-state index in [0.29, 0.717) is 18.5 Å². The lowest BCUT2D eigenvalue weighted by Gasteiger charge is -2.12. The number of benzene rings is 1. The Morgan fingerprint density at radius 3 is 2.48 bits per heavy atom. The van der Waals surface area contributed by atoms with Crippen LogP contribution in [-0.4, -0.2) is 34.3 Å². The lowest BCUT2D eigenvalue weighted by atomic mass is 10.1. The number of rotatable bonds is 8. The van der Waals surface area contributed by atoms with Crippen LogP contribution in [0.4, 0.5) is 0 Å². The van der Waals surface area contributed by atoms with Gasteiger partial charge in [-0.05, 0) is 24.5 Å². The van der Waals surface area contributed by atoms with Gasteiger partial charge in [0, 0.05) is 18.5 Å². The molecule has 0 bridgehead atoms. The predicted molar refractivity (Wildman–Crippen MR) is 86.5 cm³/mol. The van der Waals surface area contributed by atoms with Gasteiger partial charge in [0.15, 0.2) is 0 Å². The third kappa shape index (κ3) is 5.06. The smallest absolute Gasteiger partial charge is 0.303 e. The Morgan fingerprint density at radius 1 is 1.09 bits per heavy atom. The molecule has 0 radical (unpaired) electrons. The van der Waals surface area contributed by atoms with Crippen molar-refractivity contribution in [2.75, 3.05) is 6.54 Å². The molecule has 1 heterocycles. The molecule has 1 saturated heterocycles. The Bertz CT molecular complexity index is 607. The number of carboxylic acids is 1. The van der Waals surface area contributed by atoms with Crippen molar-refractivity contribution in [3.8, 4) is 0 Å². The fourth-order valence-electron chi connectivity index (χ4n) is 2.61.